The average Bonchev–Trinajstić information content (AvgIpc) is 2.51. The molecular weight excluding hydrogens is 357 g/mol. The molecule has 1 N–H and O–H groups in total. The van der Waals surface area contributed by atoms with Crippen LogP contribution in [0.3, 0.4) is 0 Å². The van der Waals surface area contributed by atoms with Gasteiger partial charge in [0.15, 0.2) is 5.75 Å². The number of aromatic nitrogens is 1. The molecule has 2 aromatic rings. The molecule has 24 heavy (non-hydrogen) atoms. The Morgan fingerprint density at radius 1 is 1.21 bits per heavy atom. The number of rotatable bonds is 3. The van der Waals surface area contributed by atoms with Gasteiger partial charge >= 0.3 is 0 Å². The lowest BCUT2D eigenvalue weighted by atomic mass is 10.1. The first-order chi connectivity index (χ1) is 11.3. The van der Waals surface area contributed by atoms with Crippen molar-refractivity contribution in [3.05, 3.63) is 66.0 Å². The number of hydrogen-bond acceptors (Lipinski definition) is 5. The maximum Gasteiger partial charge on any atom is 0.288 e. The zero-order valence-corrected chi connectivity index (χ0v) is 13.9. The highest BCUT2D eigenvalue weighted by Crippen LogP contribution is 2.32. The van der Waals surface area contributed by atoms with Crippen molar-refractivity contribution in [2.45, 2.75) is 19.6 Å². The van der Waals surface area contributed by atoms with Crippen LogP contribution < -0.4 is 5.43 Å². The summed E-state index contributed by atoms with van der Waals surface area (Å²) in [6.45, 7) is 2.12. The third kappa shape index (κ3) is 3.24. The average molecular weight is 370 g/mol. The Morgan fingerprint density at radius 3 is 2.67 bits per heavy atom. The quantitative estimate of drug-likeness (QED) is 0.663. The summed E-state index contributed by atoms with van der Waals surface area (Å²) in [6, 6.07) is 4.15. The molecule has 0 radical (unpaired) electrons. The van der Waals surface area contributed by atoms with Crippen LogP contribution in [0.25, 0.3) is 0 Å². The Kier molecular flexibility index (Phi) is 4.49. The van der Waals surface area contributed by atoms with Crippen LogP contribution in [0.5, 0.6) is 5.75 Å². The highest BCUT2D eigenvalue weighted by Gasteiger charge is 2.21. The molecule has 1 aromatic carbocycles. The summed E-state index contributed by atoms with van der Waals surface area (Å²) in [4.78, 5) is 24.1. The largest absolute Gasteiger partial charge is 0.503 e. The minimum Gasteiger partial charge on any atom is -0.503 e. The molecule has 2 heterocycles. The second-order valence-corrected chi connectivity index (χ2v) is 6.38. The van der Waals surface area contributed by atoms with E-state index < -0.39 is 10.4 Å². The summed E-state index contributed by atoms with van der Waals surface area (Å²) in [7, 11) is 0. The lowest BCUT2D eigenvalue weighted by molar-refractivity contribution is -0.384. The molecule has 126 valence electrons. The van der Waals surface area contributed by atoms with Crippen molar-refractivity contribution in [1.82, 2.24) is 9.47 Å². The molecule has 1 aliphatic heterocycles. The van der Waals surface area contributed by atoms with Crippen LogP contribution in [0.2, 0.25) is 10.0 Å². The van der Waals surface area contributed by atoms with Gasteiger partial charge in [-0.05, 0) is 11.6 Å². The van der Waals surface area contributed by atoms with E-state index in [-0.39, 0.29) is 16.5 Å². The molecule has 9 heteroatoms. The molecule has 0 amide bonds. The number of nitrogens with zero attached hydrogens (tertiary/aromatic N) is 3. The van der Waals surface area contributed by atoms with Crippen molar-refractivity contribution in [2.24, 2.45) is 0 Å². The van der Waals surface area contributed by atoms with Gasteiger partial charge < -0.3 is 9.67 Å². The maximum absolute atomic E-state index is 11.6. The molecule has 1 aliphatic rings. The first-order valence-electron chi connectivity index (χ1n) is 7.12. The number of nitro groups is 1. The summed E-state index contributed by atoms with van der Waals surface area (Å²) >= 11 is 12.0. The topological polar surface area (TPSA) is 88.6 Å². The van der Waals surface area contributed by atoms with Crippen LogP contribution in [-0.2, 0) is 19.6 Å². The number of pyridine rings is 1. The summed E-state index contributed by atoms with van der Waals surface area (Å²) in [5.41, 5.74) is 0.754. The van der Waals surface area contributed by atoms with Crippen LogP contribution in [0.4, 0.5) is 5.69 Å². The van der Waals surface area contributed by atoms with Gasteiger partial charge in [0, 0.05) is 49.0 Å². The molecule has 0 saturated heterocycles. The van der Waals surface area contributed by atoms with Crippen LogP contribution in [0.1, 0.15) is 11.3 Å². The summed E-state index contributed by atoms with van der Waals surface area (Å²) in [6.07, 6.45) is 1.43. The number of hydrogen-bond donors (Lipinski definition) is 1. The third-order valence-electron chi connectivity index (χ3n) is 3.95. The van der Waals surface area contributed by atoms with Crippen molar-refractivity contribution in [3.8, 4) is 5.75 Å². The molecule has 1 aromatic heterocycles. The predicted molar refractivity (Wildman–Crippen MR) is 89.6 cm³/mol. The first-order valence-corrected chi connectivity index (χ1v) is 7.87. The zero-order valence-electron chi connectivity index (χ0n) is 12.4. The lowest BCUT2D eigenvalue weighted by Gasteiger charge is -2.30. The SMILES string of the molecule is O=c1cc2n(cc1O)CCN(Cc1cc([N+](=O)[O-])c(Cl)cc1Cl)C2. The van der Waals surface area contributed by atoms with Crippen molar-refractivity contribution in [3.63, 3.8) is 0 Å². The Bertz CT molecular complexity index is 882. The van der Waals surface area contributed by atoms with Gasteiger partial charge in [-0.15, -0.1) is 0 Å². The van der Waals surface area contributed by atoms with E-state index in [0.717, 1.165) is 5.69 Å². The van der Waals surface area contributed by atoms with E-state index >= 15 is 0 Å². The van der Waals surface area contributed by atoms with Gasteiger partial charge in [0.2, 0.25) is 5.43 Å². The van der Waals surface area contributed by atoms with Gasteiger partial charge in [-0.25, -0.2) is 0 Å². The monoisotopic (exact) mass is 369 g/mol. The van der Waals surface area contributed by atoms with Gasteiger partial charge in [0.1, 0.15) is 5.02 Å². The fourth-order valence-electron chi connectivity index (χ4n) is 2.72. The van der Waals surface area contributed by atoms with Crippen molar-refractivity contribution in [2.75, 3.05) is 6.54 Å². The Labute approximate surface area is 146 Å². The zero-order chi connectivity index (χ0) is 17.4. The van der Waals surface area contributed by atoms with Crippen LogP contribution in [0.15, 0.2) is 29.2 Å². The number of benzene rings is 1. The molecule has 0 saturated carbocycles. The minimum absolute atomic E-state index is 0.000216. The first kappa shape index (κ1) is 16.8. The second kappa shape index (κ2) is 6.43. The van der Waals surface area contributed by atoms with E-state index in [9.17, 15) is 20.0 Å². The highest BCUT2D eigenvalue weighted by molar-refractivity contribution is 6.36. The van der Waals surface area contributed by atoms with E-state index in [1.54, 1.807) is 0 Å². The Hall–Kier alpha value is -2.09. The molecular formula is C15H13Cl2N3O4. The van der Waals surface area contributed by atoms with Gasteiger partial charge in [-0.3, -0.25) is 19.8 Å². The summed E-state index contributed by atoms with van der Waals surface area (Å²) in [5, 5.41) is 20.9. The summed E-state index contributed by atoms with van der Waals surface area (Å²) < 4.78 is 1.82. The van der Waals surface area contributed by atoms with Crippen molar-refractivity contribution >= 4 is 28.9 Å². The maximum atomic E-state index is 11.6. The van der Waals surface area contributed by atoms with Crippen molar-refractivity contribution < 1.29 is 10.0 Å². The number of aromatic hydroxyl groups is 1. The van der Waals surface area contributed by atoms with E-state index in [2.05, 4.69) is 0 Å². The molecule has 3 rings (SSSR count). The second-order valence-electron chi connectivity index (χ2n) is 5.57. The van der Waals surface area contributed by atoms with Crippen LogP contribution in [-0.4, -0.2) is 26.0 Å². The van der Waals surface area contributed by atoms with Crippen LogP contribution in [0, 0.1) is 10.1 Å². The number of fused-ring (bicyclic) bond motifs is 1. The Morgan fingerprint density at radius 2 is 1.96 bits per heavy atom. The minimum atomic E-state index is -0.546. The molecule has 0 atom stereocenters. The third-order valence-corrected chi connectivity index (χ3v) is 4.60. The van der Waals surface area contributed by atoms with E-state index in [0.29, 0.717) is 36.8 Å². The van der Waals surface area contributed by atoms with Crippen LogP contribution >= 0.6 is 23.2 Å². The van der Waals surface area contributed by atoms with Gasteiger partial charge in [0.05, 0.1) is 11.1 Å². The highest BCUT2D eigenvalue weighted by atomic mass is 35.5. The molecule has 7 nitrogen and oxygen atoms in total. The smallest absolute Gasteiger partial charge is 0.288 e. The number of halogens is 2. The number of nitro benzene ring substituents is 1. The van der Waals surface area contributed by atoms with Gasteiger partial charge in [0.25, 0.3) is 5.69 Å². The molecule has 0 spiro atoms. The van der Waals surface area contributed by atoms with E-state index in [1.807, 2.05) is 9.47 Å². The van der Waals surface area contributed by atoms with E-state index in [1.165, 1.54) is 24.4 Å². The van der Waals surface area contributed by atoms with Gasteiger partial charge in [-0.2, -0.15) is 0 Å². The molecule has 0 aliphatic carbocycles. The van der Waals surface area contributed by atoms with Gasteiger partial charge in [-0.1, -0.05) is 23.2 Å². The Balaban J connectivity index is 1.85. The normalized spacial score (nSPS) is 14.4. The molecule has 0 bridgehead atoms. The lowest BCUT2D eigenvalue weighted by Crippen LogP contribution is -2.34. The fourth-order valence-corrected chi connectivity index (χ4v) is 3.23. The standard InChI is InChI=1S/C15H13Cl2N3O4/c16-11-5-12(17)13(20(23)24)3-9(11)6-18-1-2-19-8-15(22)14(21)4-10(19)7-18/h3-5,8,22H,1-2,6-7H2. The summed E-state index contributed by atoms with van der Waals surface area (Å²) in [5.74, 6) is -0.274. The molecule has 0 fully saturated rings. The predicted octanol–water partition coefficient (Wildman–Crippen LogP) is 2.78. The van der Waals surface area contributed by atoms with E-state index in [4.69, 9.17) is 23.2 Å². The molecule has 0 unspecified atom stereocenters. The van der Waals surface area contributed by atoms with Crippen molar-refractivity contribution in [1.29, 1.82) is 0 Å². The fraction of sp³-hybridized carbons (Fsp3) is 0.267.